The number of carboxylic acid groups (broad SMARTS) is 1. The van der Waals surface area contributed by atoms with Gasteiger partial charge in [0, 0.05) is 23.6 Å². The number of aromatic nitrogens is 1. The second kappa shape index (κ2) is 3.99. The SMILES string of the molecule is Nc1c(CC(=O)O)cncc1C(F)F. The first-order valence-corrected chi connectivity index (χ1v) is 3.74. The standard InChI is InChI=1S/C8H8F2N2O2/c9-8(10)5-3-12-2-4(7(5)11)1-6(13)14/h2-3,8H,1H2,(H2,11,12)(H,13,14). The van der Waals surface area contributed by atoms with Gasteiger partial charge in [0.2, 0.25) is 0 Å². The van der Waals surface area contributed by atoms with Gasteiger partial charge in [-0.15, -0.1) is 0 Å². The molecule has 0 aliphatic heterocycles. The second-order valence-electron chi connectivity index (χ2n) is 2.67. The topological polar surface area (TPSA) is 76.2 Å². The first-order chi connectivity index (χ1) is 6.52. The molecule has 1 aromatic rings. The lowest BCUT2D eigenvalue weighted by Gasteiger charge is -2.07. The van der Waals surface area contributed by atoms with Gasteiger partial charge in [0.1, 0.15) is 0 Å². The molecule has 0 unspecified atom stereocenters. The van der Waals surface area contributed by atoms with E-state index in [0.717, 1.165) is 6.20 Å². The number of rotatable bonds is 3. The smallest absolute Gasteiger partial charge is 0.307 e. The maximum atomic E-state index is 12.3. The third-order valence-corrected chi connectivity index (χ3v) is 1.68. The Kier molecular flexibility index (Phi) is 2.95. The minimum Gasteiger partial charge on any atom is -0.481 e. The van der Waals surface area contributed by atoms with Crippen LogP contribution < -0.4 is 5.73 Å². The van der Waals surface area contributed by atoms with Crippen LogP contribution in [0.3, 0.4) is 0 Å². The first-order valence-electron chi connectivity index (χ1n) is 3.74. The first kappa shape index (κ1) is 10.4. The lowest BCUT2D eigenvalue weighted by atomic mass is 10.1. The third kappa shape index (κ3) is 2.15. The zero-order valence-electron chi connectivity index (χ0n) is 7.08. The summed E-state index contributed by atoms with van der Waals surface area (Å²) in [7, 11) is 0. The van der Waals surface area contributed by atoms with E-state index in [-0.39, 0.29) is 11.3 Å². The predicted octanol–water partition coefficient (Wildman–Crippen LogP) is 1.23. The Morgan fingerprint density at radius 1 is 1.57 bits per heavy atom. The summed E-state index contributed by atoms with van der Waals surface area (Å²) < 4.78 is 24.6. The summed E-state index contributed by atoms with van der Waals surface area (Å²) in [4.78, 5) is 13.8. The van der Waals surface area contributed by atoms with E-state index in [4.69, 9.17) is 10.8 Å². The van der Waals surface area contributed by atoms with Crippen LogP contribution in [0, 0.1) is 0 Å². The van der Waals surface area contributed by atoms with E-state index in [1.165, 1.54) is 6.20 Å². The van der Waals surface area contributed by atoms with Gasteiger partial charge >= 0.3 is 5.97 Å². The molecule has 0 amide bonds. The highest BCUT2D eigenvalue weighted by molar-refractivity contribution is 5.73. The minimum atomic E-state index is -2.74. The van der Waals surface area contributed by atoms with Gasteiger partial charge in [-0.3, -0.25) is 9.78 Å². The van der Waals surface area contributed by atoms with Crippen LogP contribution in [0.25, 0.3) is 0 Å². The Hall–Kier alpha value is -1.72. The number of carbonyl (C=O) groups is 1. The zero-order valence-corrected chi connectivity index (χ0v) is 7.08. The van der Waals surface area contributed by atoms with E-state index in [2.05, 4.69) is 4.98 Å². The van der Waals surface area contributed by atoms with E-state index >= 15 is 0 Å². The monoisotopic (exact) mass is 202 g/mol. The molecule has 1 aromatic heterocycles. The molecule has 1 heterocycles. The van der Waals surface area contributed by atoms with Crippen LogP contribution in [0.5, 0.6) is 0 Å². The molecule has 0 spiro atoms. The molecule has 0 bridgehead atoms. The lowest BCUT2D eigenvalue weighted by Crippen LogP contribution is -2.07. The van der Waals surface area contributed by atoms with Crippen LogP contribution in [0.1, 0.15) is 17.6 Å². The van der Waals surface area contributed by atoms with Crippen molar-refractivity contribution in [1.29, 1.82) is 0 Å². The zero-order chi connectivity index (χ0) is 10.7. The van der Waals surface area contributed by atoms with Crippen LogP contribution in [0.15, 0.2) is 12.4 Å². The largest absolute Gasteiger partial charge is 0.481 e. The molecule has 76 valence electrons. The molecule has 0 saturated heterocycles. The van der Waals surface area contributed by atoms with Crippen molar-refractivity contribution in [2.24, 2.45) is 0 Å². The van der Waals surface area contributed by atoms with Crippen molar-refractivity contribution in [3.8, 4) is 0 Å². The molecule has 0 aromatic carbocycles. The molecular formula is C8H8F2N2O2. The van der Waals surface area contributed by atoms with Crippen molar-refractivity contribution in [1.82, 2.24) is 4.98 Å². The summed E-state index contributed by atoms with van der Waals surface area (Å²) in [6.45, 7) is 0. The van der Waals surface area contributed by atoms with Crippen molar-refractivity contribution in [3.63, 3.8) is 0 Å². The second-order valence-corrected chi connectivity index (χ2v) is 2.67. The van der Waals surface area contributed by atoms with Crippen LogP contribution in [-0.2, 0) is 11.2 Å². The van der Waals surface area contributed by atoms with Crippen molar-refractivity contribution in [3.05, 3.63) is 23.5 Å². The van der Waals surface area contributed by atoms with Crippen molar-refractivity contribution in [2.75, 3.05) is 5.73 Å². The molecule has 0 fully saturated rings. The average Bonchev–Trinajstić information content (AvgIpc) is 2.07. The fraction of sp³-hybridized carbons (Fsp3) is 0.250. The van der Waals surface area contributed by atoms with Crippen molar-refractivity contribution < 1.29 is 18.7 Å². The third-order valence-electron chi connectivity index (χ3n) is 1.68. The Balaban J connectivity index is 3.07. The van der Waals surface area contributed by atoms with Gasteiger partial charge in [0.05, 0.1) is 12.0 Å². The number of hydrogen-bond acceptors (Lipinski definition) is 3. The molecule has 3 N–H and O–H groups in total. The maximum Gasteiger partial charge on any atom is 0.307 e. The fourth-order valence-electron chi connectivity index (χ4n) is 1.01. The van der Waals surface area contributed by atoms with Crippen molar-refractivity contribution in [2.45, 2.75) is 12.8 Å². The van der Waals surface area contributed by atoms with E-state index < -0.39 is 24.4 Å². The quantitative estimate of drug-likeness (QED) is 0.772. The van der Waals surface area contributed by atoms with Gasteiger partial charge in [0.25, 0.3) is 6.43 Å². The fourth-order valence-corrected chi connectivity index (χ4v) is 1.01. The predicted molar refractivity (Wildman–Crippen MR) is 44.9 cm³/mol. The number of nitrogens with zero attached hydrogens (tertiary/aromatic N) is 1. The Labute approximate surface area is 78.4 Å². The summed E-state index contributed by atoms with van der Waals surface area (Å²) >= 11 is 0. The van der Waals surface area contributed by atoms with E-state index in [0.29, 0.717) is 0 Å². The minimum absolute atomic E-state index is 0.107. The van der Waals surface area contributed by atoms with Crippen LogP contribution >= 0.6 is 0 Å². The lowest BCUT2D eigenvalue weighted by molar-refractivity contribution is -0.136. The van der Waals surface area contributed by atoms with Crippen LogP contribution in [0.4, 0.5) is 14.5 Å². The van der Waals surface area contributed by atoms with Crippen molar-refractivity contribution >= 4 is 11.7 Å². The molecule has 0 radical (unpaired) electrons. The Morgan fingerprint density at radius 2 is 2.21 bits per heavy atom. The maximum absolute atomic E-state index is 12.3. The van der Waals surface area contributed by atoms with Crippen LogP contribution in [-0.4, -0.2) is 16.1 Å². The van der Waals surface area contributed by atoms with E-state index in [1.54, 1.807) is 0 Å². The molecule has 1 rings (SSSR count). The number of nitrogens with two attached hydrogens (primary N) is 1. The Bertz CT molecular complexity index is 355. The van der Waals surface area contributed by atoms with Gasteiger partial charge in [-0.05, 0) is 0 Å². The molecule has 0 atom stereocenters. The van der Waals surface area contributed by atoms with E-state index in [9.17, 15) is 13.6 Å². The molecule has 14 heavy (non-hydrogen) atoms. The number of pyridine rings is 1. The number of halogens is 2. The Morgan fingerprint density at radius 3 is 2.71 bits per heavy atom. The van der Waals surface area contributed by atoms with Gasteiger partial charge < -0.3 is 10.8 Å². The number of carboxylic acids is 1. The molecule has 4 nitrogen and oxygen atoms in total. The van der Waals surface area contributed by atoms with Crippen LogP contribution in [0.2, 0.25) is 0 Å². The summed E-state index contributed by atoms with van der Waals surface area (Å²) in [5, 5.41) is 8.45. The average molecular weight is 202 g/mol. The number of nitrogen functional groups attached to an aromatic ring is 1. The number of aliphatic carboxylic acids is 1. The summed E-state index contributed by atoms with van der Waals surface area (Å²) in [5.74, 6) is -1.13. The highest BCUT2D eigenvalue weighted by Crippen LogP contribution is 2.26. The highest BCUT2D eigenvalue weighted by Gasteiger charge is 2.15. The summed E-state index contributed by atoms with van der Waals surface area (Å²) in [6.07, 6.45) is -1.03. The number of anilines is 1. The number of alkyl halides is 2. The van der Waals surface area contributed by atoms with Gasteiger partial charge in [-0.2, -0.15) is 0 Å². The van der Waals surface area contributed by atoms with Gasteiger partial charge in [-0.25, -0.2) is 8.78 Å². The van der Waals surface area contributed by atoms with Gasteiger partial charge in [-0.1, -0.05) is 0 Å². The normalized spacial score (nSPS) is 10.5. The summed E-state index contributed by atoms with van der Waals surface area (Å²) in [5.41, 5.74) is 4.83. The molecule has 0 aliphatic carbocycles. The molecule has 6 heteroatoms. The molecular weight excluding hydrogens is 194 g/mol. The highest BCUT2D eigenvalue weighted by atomic mass is 19.3. The summed E-state index contributed by atoms with van der Waals surface area (Å²) in [6, 6.07) is 0. The number of hydrogen-bond donors (Lipinski definition) is 2. The van der Waals surface area contributed by atoms with Gasteiger partial charge in [0.15, 0.2) is 0 Å². The molecule has 0 aliphatic rings. The molecule has 0 saturated carbocycles. The van der Waals surface area contributed by atoms with E-state index in [1.807, 2.05) is 0 Å².